The van der Waals surface area contributed by atoms with E-state index < -0.39 is 5.60 Å². The lowest BCUT2D eigenvalue weighted by Gasteiger charge is -2.47. The SMILES string of the molecule is NC(=S)c1ccc(N2CCC3(O)CCCCC3C2)nc1. The molecule has 0 aromatic carbocycles. The number of rotatable bonds is 2. The summed E-state index contributed by atoms with van der Waals surface area (Å²) in [5.74, 6) is 1.33. The number of aliphatic hydroxyl groups is 1. The number of nitrogens with two attached hydrogens (primary N) is 1. The first kappa shape index (κ1) is 13.8. The summed E-state index contributed by atoms with van der Waals surface area (Å²) in [5, 5.41) is 10.7. The average Bonchev–Trinajstić information content (AvgIpc) is 2.46. The van der Waals surface area contributed by atoms with Crippen LogP contribution < -0.4 is 10.6 Å². The number of thiocarbonyl (C=S) groups is 1. The van der Waals surface area contributed by atoms with Crippen molar-refractivity contribution in [2.24, 2.45) is 11.7 Å². The van der Waals surface area contributed by atoms with Crippen molar-refractivity contribution in [1.82, 2.24) is 4.98 Å². The summed E-state index contributed by atoms with van der Waals surface area (Å²) < 4.78 is 0. The third-order valence-electron chi connectivity index (χ3n) is 4.78. The van der Waals surface area contributed by atoms with E-state index in [0.717, 1.165) is 50.2 Å². The van der Waals surface area contributed by atoms with Gasteiger partial charge in [-0.05, 0) is 31.4 Å². The quantitative estimate of drug-likeness (QED) is 0.814. The molecule has 108 valence electrons. The first-order chi connectivity index (χ1) is 9.58. The minimum Gasteiger partial charge on any atom is -0.389 e. The largest absolute Gasteiger partial charge is 0.389 e. The Morgan fingerprint density at radius 3 is 2.95 bits per heavy atom. The second-order valence-electron chi connectivity index (χ2n) is 6.01. The van der Waals surface area contributed by atoms with Crippen LogP contribution in [0, 0.1) is 5.92 Å². The molecule has 1 saturated heterocycles. The summed E-state index contributed by atoms with van der Waals surface area (Å²) in [5.41, 5.74) is 5.96. The molecule has 5 heteroatoms. The summed E-state index contributed by atoms with van der Waals surface area (Å²) in [6.45, 7) is 1.77. The maximum atomic E-state index is 10.7. The van der Waals surface area contributed by atoms with Crippen LogP contribution in [0.5, 0.6) is 0 Å². The van der Waals surface area contributed by atoms with Crippen LogP contribution in [0.1, 0.15) is 37.7 Å². The molecule has 3 N–H and O–H groups in total. The molecule has 0 amide bonds. The lowest BCUT2D eigenvalue weighted by atomic mass is 9.71. The van der Waals surface area contributed by atoms with Gasteiger partial charge in [0.05, 0.1) is 5.60 Å². The highest BCUT2D eigenvalue weighted by Crippen LogP contribution is 2.40. The number of pyridine rings is 1. The van der Waals surface area contributed by atoms with Crippen molar-refractivity contribution >= 4 is 23.0 Å². The molecule has 20 heavy (non-hydrogen) atoms. The van der Waals surface area contributed by atoms with Crippen molar-refractivity contribution in [2.75, 3.05) is 18.0 Å². The monoisotopic (exact) mass is 291 g/mol. The van der Waals surface area contributed by atoms with E-state index in [1.807, 2.05) is 12.1 Å². The van der Waals surface area contributed by atoms with Crippen LogP contribution in [0.4, 0.5) is 5.82 Å². The van der Waals surface area contributed by atoms with Crippen LogP contribution in [0.25, 0.3) is 0 Å². The minimum absolute atomic E-state index is 0.377. The number of piperidine rings is 1. The van der Waals surface area contributed by atoms with Crippen molar-refractivity contribution in [3.05, 3.63) is 23.9 Å². The van der Waals surface area contributed by atoms with Gasteiger partial charge in [0.2, 0.25) is 0 Å². The zero-order chi connectivity index (χ0) is 14.2. The summed E-state index contributed by atoms with van der Waals surface area (Å²) in [6.07, 6.45) is 7.05. The maximum absolute atomic E-state index is 10.7. The molecular formula is C15H21N3OS. The summed E-state index contributed by atoms with van der Waals surface area (Å²) >= 11 is 4.94. The molecule has 2 heterocycles. The van der Waals surface area contributed by atoms with Gasteiger partial charge in [0.1, 0.15) is 10.8 Å². The Labute approximate surface area is 125 Å². The van der Waals surface area contributed by atoms with Gasteiger partial charge in [-0.25, -0.2) is 4.98 Å². The fourth-order valence-corrected chi connectivity index (χ4v) is 3.62. The van der Waals surface area contributed by atoms with Crippen LogP contribution in [0.3, 0.4) is 0 Å². The smallest absolute Gasteiger partial charge is 0.128 e. The van der Waals surface area contributed by atoms with Gasteiger partial charge in [-0.1, -0.05) is 25.1 Å². The molecule has 2 unspecified atom stereocenters. The van der Waals surface area contributed by atoms with Crippen molar-refractivity contribution in [1.29, 1.82) is 0 Å². The molecule has 4 nitrogen and oxygen atoms in total. The van der Waals surface area contributed by atoms with Crippen molar-refractivity contribution < 1.29 is 5.11 Å². The molecule has 1 aliphatic heterocycles. The highest BCUT2D eigenvalue weighted by Gasteiger charge is 2.42. The highest BCUT2D eigenvalue weighted by atomic mass is 32.1. The third kappa shape index (κ3) is 2.52. The van der Waals surface area contributed by atoms with Crippen molar-refractivity contribution in [3.63, 3.8) is 0 Å². The Kier molecular flexibility index (Phi) is 3.65. The van der Waals surface area contributed by atoms with E-state index in [9.17, 15) is 5.11 Å². The predicted molar refractivity (Wildman–Crippen MR) is 83.9 cm³/mol. The Balaban J connectivity index is 1.74. The average molecular weight is 291 g/mol. The van der Waals surface area contributed by atoms with Gasteiger partial charge >= 0.3 is 0 Å². The Hall–Kier alpha value is -1.20. The van der Waals surface area contributed by atoms with Crippen LogP contribution in [-0.2, 0) is 0 Å². The van der Waals surface area contributed by atoms with E-state index in [1.165, 1.54) is 6.42 Å². The van der Waals surface area contributed by atoms with Gasteiger partial charge in [0.25, 0.3) is 0 Å². The predicted octanol–water partition coefficient (Wildman–Crippen LogP) is 1.85. The lowest BCUT2D eigenvalue weighted by Crippen LogP contribution is -2.53. The highest BCUT2D eigenvalue weighted by molar-refractivity contribution is 7.80. The Bertz CT molecular complexity index is 504. The molecule has 0 bridgehead atoms. The van der Waals surface area contributed by atoms with Crippen molar-refractivity contribution in [2.45, 2.75) is 37.7 Å². The standard InChI is InChI=1S/C15H21N3OS/c16-14(20)11-4-5-13(17-9-11)18-8-7-15(19)6-2-1-3-12(15)10-18/h4-5,9,12,19H,1-3,6-8,10H2,(H2,16,20). The van der Waals surface area contributed by atoms with Crippen LogP contribution in [0.15, 0.2) is 18.3 Å². The van der Waals surface area contributed by atoms with Crippen LogP contribution in [0.2, 0.25) is 0 Å². The molecule has 0 radical (unpaired) electrons. The minimum atomic E-state index is -0.437. The van der Waals surface area contributed by atoms with Crippen LogP contribution in [-0.4, -0.2) is 33.8 Å². The number of hydrogen-bond acceptors (Lipinski definition) is 4. The molecule has 3 rings (SSSR count). The Morgan fingerprint density at radius 1 is 1.40 bits per heavy atom. The fourth-order valence-electron chi connectivity index (χ4n) is 3.50. The van der Waals surface area contributed by atoms with E-state index in [0.29, 0.717) is 10.9 Å². The van der Waals surface area contributed by atoms with Gasteiger partial charge in [0.15, 0.2) is 0 Å². The lowest BCUT2D eigenvalue weighted by molar-refractivity contribution is -0.0613. The van der Waals surface area contributed by atoms with E-state index in [1.54, 1.807) is 6.20 Å². The van der Waals surface area contributed by atoms with Gasteiger partial charge in [-0.2, -0.15) is 0 Å². The number of aromatic nitrogens is 1. The van der Waals surface area contributed by atoms with E-state index in [2.05, 4.69) is 9.88 Å². The molecule has 2 aliphatic rings. The number of hydrogen-bond donors (Lipinski definition) is 2. The normalized spacial score (nSPS) is 29.9. The number of anilines is 1. The summed E-state index contributed by atoms with van der Waals surface area (Å²) in [4.78, 5) is 7.11. The number of fused-ring (bicyclic) bond motifs is 1. The molecule has 1 saturated carbocycles. The molecule has 0 spiro atoms. The van der Waals surface area contributed by atoms with E-state index in [-0.39, 0.29) is 0 Å². The maximum Gasteiger partial charge on any atom is 0.128 e. The molecular weight excluding hydrogens is 270 g/mol. The first-order valence-electron chi connectivity index (χ1n) is 7.32. The van der Waals surface area contributed by atoms with E-state index in [4.69, 9.17) is 18.0 Å². The fraction of sp³-hybridized carbons (Fsp3) is 0.600. The number of nitrogens with zero attached hydrogens (tertiary/aromatic N) is 2. The molecule has 1 aromatic heterocycles. The van der Waals surface area contributed by atoms with Gasteiger partial charge in [-0.3, -0.25) is 0 Å². The second kappa shape index (κ2) is 5.30. The van der Waals surface area contributed by atoms with Gasteiger partial charge in [-0.15, -0.1) is 0 Å². The third-order valence-corrected chi connectivity index (χ3v) is 5.02. The van der Waals surface area contributed by atoms with Crippen molar-refractivity contribution in [3.8, 4) is 0 Å². The summed E-state index contributed by atoms with van der Waals surface area (Å²) in [6, 6.07) is 3.90. The molecule has 1 aliphatic carbocycles. The zero-order valence-corrected chi connectivity index (χ0v) is 12.4. The summed E-state index contributed by atoms with van der Waals surface area (Å²) in [7, 11) is 0. The van der Waals surface area contributed by atoms with E-state index >= 15 is 0 Å². The Morgan fingerprint density at radius 2 is 2.25 bits per heavy atom. The molecule has 2 fully saturated rings. The van der Waals surface area contributed by atoms with Crippen LogP contribution >= 0.6 is 12.2 Å². The second-order valence-corrected chi connectivity index (χ2v) is 6.45. The molecule has 1 aromatic rings. The topological polar surface area (TPSA) is 62.4 Å². The van der Waals surface area contributed by atoms with Gasteiger partial charge < -0.3 is 15.7 Å². The van der Waals surface area contributed by atoms with Gasteiger partial charge in [0, 0.05) is 30.8 Å². The molecule has 2 atom stereocenters. The zero-order valence-electron chi connectivity index (χ0n) is 11.6. The first-order valence-corrected chi connectivity index (χ1v) is 7.72.